The van der Waals surface area contributed by atoms with Crippen LogP contribution in [0.1, 0.15) is 32.7 Å². The molecule has 2 aliphatic heterocycles. The van der Waals surface area contributed by atoms with E-state index in [2.05, 4.69) is 29.2 Å². The number of nitrogens with two attached hydrogens (primary N) is 1. The van der Waals surface area contributed by atoms with E-state index < -0.39 is 29.5 Å². The van der Waals surface area contributed by atoms with Gasteiger partial charge in [0.05, 0.1) is 22.9 Å². The molecule has 2 fully saturated rings. The van der Waals surface area contributed by atoms with Crippen LogP contribution in [0.5, 0.6) is 0 Å². The van der Waals surface area contributed by atoms with Crippen molar-refractivity contribution < 1.29 is 18.7 Å². The van der Waals surface area contributed by atoms with Gasteiger partial charge in [0.2, 0.25) is 0 Å². The van der Waals surface area contributed by atoms with Crippen molar-refractivity contribution in [1.82, 2.24) is 9.78 Å². The Morgan fingerprint density at radius 1 is 1.16 bits per heavy atom. The zero-order chi connectivity index (χ0) is 26.8. The number of carbonyl (C=O) groups is 1. The van der Waals surface area contributed by atoms with E-state index >= 15 is 0 Å². The lowest BCUT2D eigenvalue weighted by Crippen LogP contribution is -2.37. The first kappa shape index (κ1) is 24.5. The number of nitrogens with one attached hydrogen (secondary N) is 1. The van der Waals surface area contributed by atoms with Crippen LogP contribution in [0.3, 0.4) is 0 Å². The summed E-state index contributed by atoms with van der Waals surface area (Å²) in [4.78, 5) is 15.6. The quantitative estimate of drug-likeness (QED) is 0.474. The first-order chi connectivity index (χ1) is 18.1. The lowest BCUT2D eigenvalue weighted by Gasteiger charge is -2.27. The lowest BCUT2D eigenvalue weighted by atomic mass is 9.89. The second kappa shape index (κ2) is 8.88. The van der Waals surface area contributed by atoms with Gasteiger partial charge >= 0.3 is 0 Å². The second-order valence-electron chi connectivity index (χ2n) is 10.8. The molecule has 9 nitrogen and oxygen atoms in total. The summed E-state index contributed by atoms with van der Waals surface area (Å²) < 4.78 is 30.8. The topological polar surface area (TPSA) is 112 Å². The van der Waals surface area contributed by atoms with E-state index in [-0.39, 0.29) is 17.2 Å². The van der Waals surface area contributed by atoms with E-state index in [1.807, 2.05) is 16.9 Å². The summed E-state index contributed by atoms with van der Waals surface area (Å²) in [7, 11) is 0. The van der Waals surface area contributed by atoms with Gasteiger partial charge in [-0.2, -0.15) is 10.2 Å². The smallest absolute Gasteiger partial charge is 0.276 e. The van der Waals surface area contributed by atoms with Crippen molar-refractivity contribution in [3.8, 4) is 0 Å². The number of hydrazone groups is 1. The predicted octanol–water partition coefficient (Wildman–Crippen LogP) is 3.51. The van der Waals surface area contributed by atoms with Crippen molar-refractivity contribution in [2.75, 3.05) is 28.3 Å². The maximum atomic E-state index is 14.4. The number of amides is 1. The van der Waals surface area contributed by atoms with Gasteiger partial charge in [-0.25, -0.2) is 13.8 Å². The molecular formula is C27H29F2N7O2. The molecule has 4 N–H and O–H groups in total. The number of para-hydroxylation sites is 1. The molecule has 1 unspecified atom stereocenters. The number of anilines is 3. The van der Waals surface area contributed by atoms with Crippen LogP contribution in [-0.2, 0) is 4.79 Å². The highest BCUT2D eigenvalue weighted by molar-refractivity contribution is 6.47. The van der Waals surface area contributed by atoms with Gasteiger partial charge in [0.25, 0.3) is 5.91 Å². The van der Waals surface area contributed by atoms with Crippen molar-refractivity contribution in [3.63, 3.8) is 0 Å². The molecule has 198 valence electrons. The Bertz CT molecular complexity index is 1470. The van der Waals surface area contributed by atoms with Crippen LogP contribution in [-0.4, -0.2) is 51.9 Å². The van der Waals surface area contributed by atoms with Gasteiger partial charge in [-0.1, -0.05) is 19.9 Å². The molecule has 3 aliphatic rings. The predicted molar refractivity (Wildman–Crippen MR) is 142 cm³/mol. The van der Waals surface area contributed by atoms with E-state index in [0.717, 1.165) is 46.6 Å². The van der Waals surface area contributed by atoms with E-state index in [1.165, 1.54) is 18.2 Å². The van der Waals surface area contributed by atoms with Crippen LogP contribution in [0.25, 0.3) is 10.9 Å². The fourth-order valence-corrected chi connectivity index (χ4v) is 5.06. The fourth-order valence-electron chi connectivity index (χ4n) is 5.06. The van der Waals surface area contributed by atoms with Crippen LogP contribution < -0.4 is 21.0 Å². The fraction of sp³-hybridized carbons (Fsp3) is 0.370. The zero-order valence-corrected chi connectivity index (χ0v) is 21.1. The molecular weight excluding hydrogens is 492 g/mol. The van der Waals surface area contributed by atoms with Crippen molar-refractivity contribution in [3.05, 3.63) is 60.3 Å². The summed E-state index contributed by atoms with van der Waals surface area (Å²) in [5.74, 6) is -2.40. The number of fused-ring (bicyclic) bond motifs is 1. The van der Waals surface area contributed by atoms with Crippen molar-refractivity contribution in [2.45, 2.75) is 45.0 Å². The van der Waals surface area contributed by atoms with E-state index in [1.54, 1.807) is 6.07 Å². The third kappa shape index (κ3) is 4.21. The minimum atomic E-state index is -1.44. The maximum Gasteiger partial charge on any atom is 0.276 e. The average molecular weight is 522 g/mol. The molecule has 3 aromatic rings. The van der Waals surface area contributed by atoms with Crippen LogP contribution in [0, 0.1) is 17.0 Å². The molecule has 1 aromatic heterocycles. The largest absolute Gasteiger partial charge is 0.368 e. The van der Waals surface area contributed by atoms with Crippen molar-refractivity contribution in [1.29, 1.82) is 0 Å². The molecule has 3 heterocycles. The number of rotatable bonds is 5. The van der Waals surface area contributed by atoms with Crippen molar-refractivity contribution >= 4 is 39.6 Å². The minimum absolute atomic E-state index is 0.0591. The number of aromatic nitrogens is 2. The molecule has 1 amide bonds. The molecule has 2 atom stereocenters. The van der Waals surface area contributed by atoms with E-state index in [9.17, 15) is 18.7 Å². The summed E-state index contributed by atoms with van der Waals surface area (Å²) >= 11 is 0. The Hall–Kier alpha value is -3.83. The van der Waals surface area contributed by atoms with Crippen LogP contribution in [0.15, 0.2) is 53.8 Å². The summed E-state index contributed by atoms with van der Waals surface area (Å²) in [6.45, 7) is 5.54. The zero-order valence-electron chi connectivity index (χ0n) is 21.1. The molecule has 1 saturated heterocycles. The Labute approximate surface area is 218 Å². The Kier molecular flexibility index (Phi) is 5.73. The molecule has 0 radical (unpaired) electrons. The Morgan fingerprint density at radius 2 is 1.89 bits per heavy atom. The molecule has 38 heavy (non-hydrogen) atoms. The molecule has 1 saturated carbocycles. The van der Waals surface area contributed by atoms with Gasteiger partial charge in [0.1, 0.15) is 11.4 Å². The van der Waals surface area contributed by atoms with Gasteiger partial charge in [-0.3, -0.25) is 9.48 Å². The monoisotopic (exact) mass is 521 g/mol. The molecule has 11 heteroatoms. The van der Waals surface area contributed by atoms with Gasteiger partial charge in [0.15, 0.2) is 17.9 Å². The summed E-state index contributed by atoms with van der Waals surface area (Å²) in [5.41, 5.74) is 7.86. The average Bonchev–Trinajstić information content (AvgIpc) is 3.56. The molecule has 1 aliphatic carbocycles. The lowest BCUT2D eigenvalue weighted by molar-refractivity contribution is -0.110. The van der Waals surface area contributed by atoms with Crippen LogP contribution >= 0.6 is 0 Å². The molecule has 6 rings (SSSR count). The normalized spacial score (nSPS) is 22.7. The maximum absolute atomic E-state index is 14.4. The number of carbonyl (C=O) groups excluding carboxylic acids is 1. The summed E-state index contributed by atoms with van der Waals surface area (Å²) in [6, 6.07) is 7.32. The van der Waals surface area contributed by atoms with Crippen molar-refractivity contribution in [2.24, 2.45) is 16.3 Å². The van der Waals surface area contributed by atoms with E-state index in [4.69, 9.17) is 10.8 Å². The number of halogens is 2. The highest BCUT2D eigenvalue weighted by Crippen LogP contribution is 2.42. The second-order valence-corrected chi connectivity index (χ2v) is 10.8. The molecule has 0 bridgehead atoms. The first-order valence-electron chi connectivity index (χ1n) is 12.6. The molecule has 0 spiro atoms. The third-order valence-corrected chi connectivity index (χ3v) is 7.47. The summed E-state index contributed by atoms with van der Waals surface area (Å²) in [6.07, 6.45) is 5.34. The number of aliphatic hydroxyl groups excluding tert-OH is 1. The number of hydrogen-bond acceptors (Lipinski definition) is 7. The van der Waals surface area contributed by atoms with E-state index in [0.29, 0.717) is 24.8 Å². The SMILES string of the molecule is CC1(C)CN(c2c(NC(=O)C3=NN(c4c(F)cccc4F)C(O)C=C3)ccc3nn(C4CC4)cc23)C[C@@H]1N. The Morgan fingerprint density at radius 3 is 2.55 bits per heavy atom. The number of hydrogen-bond donors (Lipinski definition) is 3. The van der Waals surface area contributed by atoms with Gasteiger partial charge < -0.3 is 21.1 Å². The highest BCUT2D eigenvalue weighted by Gasteiger charge is 2.39. The Balaban J connectivity index is 1.36. The van der Waals surface area contributed by atoms with Gasteiger partial charge in [0, 0.05) is 30.7 Å². The minimum Gasteiger partial charge on any atom is -0.368 e. The summed E-state index contributed by atoms with van der Waals surface area (Å²) in [5, 5.41) is 23.7. The van der Waals surface area contributed by atoms with Gasteiger partial charge in [-0.15, -0.1) is 0 Å². The van der Waals surface area contributed by atoms with Crippen LogP contribution in [0.4, 0.5) is 25.8 Å². The van der Waals surface area contributed by atoms with Gasteiger partial charge in [-0.05, 0) is 54.7 Å². The first-order valence-corrected chi connectivity index (χ1v) is 12.6. The number of benzene rings is 2. The highest BCUT2D eigenvalue weighted by atomic mass is 19.1. The standard InChI is InChI=1S/C27H29F2N7O2/c1-27(2)14-34(13-22(27)30)24-16-12-35(15-6-7-15)32-19(16)8-9-20(24)31-26(38)21-10-11-23(37)36(33-21)25-17(28)4-3-5-18(25)29/h3-5,8-12,15,22-23,37H,6-7,13-14,30H2,1-2H3,(H,31,38)/t22-,23?/m0/s1. The third-order valence-electron chi connectivity index (χ3n) is 7.47. The number of nitrogens with zero attached hydrogens (tertiary/aromatic N) is 5. The number of aliphatic hydroxyl groups is 1. The van der Waals surface area contributed by atoms with Crippen LogP contribution in [0.2, 0.25) is 0 Å². The molecule has 2 aromatic carbocycles.